The quantitative estimate of drug-likeness (QED) is 0.808. The number of hydrogen-bond donors (Lipinski definition) is 1. The molecule has 8 heteroatoms. The highest BCUT2D eigenvalue weighted by Crippen LogP contribution is 2.47. The normalized spacial score (nSPS) is 21.1. The van der Waals surface area contributed by atoms with Crippen molar-refractivity contribution < 1.29 is 23.1 Å². The van der Waals surface area contributed by atoms with Crippen molar-refractivity contribution in [3.05, 3.63) is 30.3 Å². The molecule has 1 aliphatic carbocycles. The Labute approximate surface area is 140 Å². The summed E-state index contributed by atoms with van der Waals surface area (Å²) < 4.78 is 26.7. The number of carboxylic acids is 1. The highest BCUT2D eigenvalue weighted by Gasteiger charge is 2.58. The molecular weight excluding hydrogens is 332 g/mol. The third kappa shape index (κ3) is 2.91. The number of rotatable bonds is 4. The first-order valence-electron chi connectivity index (χ1n) is 7.96. The zero-order valence-corrected chi connectivity index (χ0v) is 14.0. The predicted octanol–water partition coefficient (Wildman–Crippen LogP) is 0.774. The number of aliphatic carboxylic acids is 1. The number of sulfonamides is 1. The Kier molecular flexibility index (Phi) is 4.35. The number of hydrogen-bond acceptors (Lipinski definition) is 4. The monoisotopic (exact) mass is 352 g/mol. The van der Waals surface area contributed by atoms with Crippen LogP contribution in [0.4, 0.5) is 0 Å². The van der Waals surface area contributed by atoms with E-state index in [9.17, 15) is 23.1 Å². The van der Waals surface area contributed by atoms with E-state index >= 15 is 0 Å². The van der Waals surface area contributed by atoms with Crippen molar-refractivity contribution in [3.8, 4) is 0 Å². The summed E-state index contributed by atoms with van der Waals surface area (Å²) in [5.41, 5.74) is -1.27. The number of benzene rings is 1. The summed E-state index contributed by atoms with van der Waals surface area (Å²) in [6.45, 7) is 1.11. The lowest BCUT2D eigenvalue weighted by Crippen LogP contribution is -2.43. The maximum Gasteiger partial charge on any atom is 0.319 e. The number of nitrogens with zero attached hydrogens (tertiary/aromatic N) is 2. The zero-order chi connectivity index (χ0) is 17.4. The molecule has 7 nitrogen and oxygen atoms in total. The molecule has 0 unspecified atom stereocenters. The molecule has 2 aliphatic rings. The number of amides is 1. The molecule has 1 amide bonds. The largest absolute Gasteiger partial charge is 0.480 e. The summed E-state index contributed by atoms with van der Waals surface area (Å²) in [7, 11) is -3.59. The van der Waals surface area contributed by atoms with Crippen molar-refractivity contribution in [2.24, 2.45) is 5.41 Å². The summed E-state index contributed by atoms with van der Waals surface area (Å²) in [4.78, 5) is 25.5. The van der Waals surface area contributed by atoms with Crippen LogP contribution in [0.5, 0.6) is 0 Å². The van der Waals surface area contributed by atoms with Gasteiger partial charge in [0.1, 0.15) is 5.41 Å². The molecular formula is C16H20N2O5S. The molecule has 0 aromatic heterocycles. The molecule has 0 spiro atoms. The molecule has 1 saturated heterocycles. The Morgan fingerprint density at radius 2 is 1.67 bits per heavy atom. The van der Waals surface area contributed by atoms with Gasteiger partial charge in [0.15, 0.2) is 0 Å². The van der Waals surface area contributed by atoms with Crippen molar-refractivity contribution in [3.63, 3.8) is 0 Å². The lowest BCUT2D eigenvalue weighted by atomic mass is 10.1. The summed E-state index contributed by atoms with van der Waals surface area (Å²) in [5, 5.41) is 9.25. The molecule has 1 aromatic carbocycles. The van der Waals surface area contributed by atoms with Gasteiger partial charge in [-0.2, -0.15) is 4.31 Å². The van der Waals surface area contributed by atoms with Crippen LogP contribution in [0, 0.1) is 5.41 Å². The molecule has 2 fully saturated rings. The minimum absolute atomic E-state index is 0.179. The van der Waals surface area contributed by atoms with E-state index < -0.39 is 21.4 Å². The predicted molar refractivity (Wildman–Crippen MR) is 85.7 cm³/mol. The molecule has 1 heterocycles. The lowest BCUT2D eigenvalue weighted by Gasteiger charge is -2.24. The van der Waals surface area contributed by atoms with Crippen molar-refractivity contribution >= 4 is 21.9 Å². The molecule has 3 rings (SSSR count). The van der Waals surface area contributed by atoms with Crippen LogP contribution in [0.15, 0.2) is 35.2 Å². The van der Waals surface area contributed by atoms with Gasteiger partial charge >= 0.3 is 5.97 Å². The van der Waals surface area contributed by atoms with Crippen molar-refractivity contribution in [2.75, 3.05) is 26.2 Å². The molecule has 0 atom stereocenters. The molecule has 1 aromatic rings. The maximum atomic E-state index is 12.7. The maximum absolute atomic E-state index is 12.7. The van der Waals surface area contributed by atoms with E-state index in [2.05, 4.69) is 0 Å². The van der Waals surface area contributed by atoms with Gasteiger partial charge in [-0.25, -0.2) is 8.42 Å². The van der Waals surface area contributed by atoms with Gasteiger partial charge in [0.25, 0.3) is 0 Å². The van der Waals surface area contributed by atoms with E-state index in [4.69, 9.17) is 0 Å². The molecule has 1 N–H and O–H groups in total. The van der Waals surface area contributed by atoms with Gasteiger partial charge in [0.2, 0.25) is 15.9 Å². The van der Waals surface area contributed by atoms with Crippen LogP contribution in [0.1, 0.15) is 19.3 Å². The van der Waals surface area contributed by atoms with Crippen LogP contribution in [0.3, 0.4) is 0 Å². The van der Waals surface area contributed by atoms with Crippen LogP contribution < -0.4 is 0 Å². The second-order valence-corrected chi connectivity index (χ2v) is 8.19. The Morgan fingerprint density at radius 1 is 1.00 bits per heavy atom. The highest BCUT2D eigenvalue weighted by atomic mass is 32.2. The second-order valence-electron chi connectivity index (χ2n) is 6.25. The fraction of sp³-hybridized carbons (Fsp3) is 0.500. The van der Waals surface area contributed by atoms with E-state index in [1.807, 2.05) is 0 Å². The molecule has 24 heavy (non-hydrogen) atoms. The summed E-state index contributed by atoms with van der Waals surface area (Å²) >= 11 is 0. The number of carbonyl (C=O) groups excluding carboxylic acids is 1. The van der Waals surface area contributed by atoms with Gasteiger partial charge in [-0.1, -0.05) is 18.2 Å². The smallest absolute Gasteiger partial charge is 0.319 e. The summed E-state index contributed by atoms with van der Waals surface area (Å²) in [6.07, 6.45) is 1.22. The van der Waals surface area contributed by atoms with Crippen molar-refractivity contribution in [1.29, 1.82) is 0 Å². The van der Waals surface area contributed by atoms with Gasteiger partial charge in [-0.15, -0.1) is 0 Å². The fourth-order valence-electron chi connectivity index (χ4n) is 3.03. The molecule has 1 saturated carbocycles. The van der Waals surface area contributed by atoms with E-state index in [1.54, 1.807) is 30.3 Å². The standard InChI is InChI=1S/C16H20N2O5S/c19-14(16(7-8-16)15(20)21)17-9-4-10-18(12-11-17)24(22,23)13-5-2-1-3-6-13/h1-3,5-6H,4,7-12H2,(H,20,21). The van der Waals surface area contributed by atoms with E-state index in [1.165, 1.54) is 9.21 Å². The molecule has 1 aliphatic heterocycles. The van der Waals surface area contributed by atoms with Gasteiger partial charge in [-0.05, 0) is 31.4 Å². The number of carboxylic acid groups (broad SMARTS) is 1. The Hall–Kier alpha value is -1.93. The van der Waals surface area contributed by atoms with Gasteiger partial charge in [0, 0.05) is 26.2 Å². The van der Waals surface area contributed by atoms with E-state index in [0.717, 1.165) is 0 Å². The van der Waals surface area contributed by atoms with Crippen LogP contribution in [-0.4, -0.2) is 60.8 Å². The average Bonchev–Trinajstić information content (AvgIpc) is 3.39. The third-order valence-corrected chi connectivity index (χ3v) is 6.60. The minimum Gasteiger partial charge on any atom is -0.480 e. The van der Waals surface area contributed by atoms with Crippen molar-refractivity contribution in [2.45, 2.75) is 24.2 Å². The first kappa shape index (κ1) is 16.9. The zero-order valence-electron chi connectivity index (χ0n) is 13.2. The first-order valence-corrected chi connectivity index (χ1v) is 9.40. The van der Waals surface area contributed by atoms with Gasteiger partial charge < -0.3 is 10.0 Å². The summed E-state index contributed by atoms with van der Waals surface area (Å²) in [5.74, 6) is -1.46. The van der Waals surface area contributed by atoms with Gasteiger partial charge in [-0.3, -0.25) is 9.59 Å². The van der Waals surface area contributed by atoms with Crippen LogP contribution in [-0.2, 0) is 19.6 Å². The van der Waals surface area contributed by atoms with E-state index in [-0.39, 0.29) is 23.9 Å². The van der Waals surface area contributed by atoms with Crippen LogP contribution in [0.25, 0.3) is 0 Å². The molecule has 0 bridgehead atoms. The average molecular weight is 352 g/mol. The lowest BCUT2D eigenvalue weighted by molar-refractivity contribution is -0.153. The molecule has 0 radical (unpaired) electrons. The van der Waals surface area contributed by atoms with Crippen LogP contribution >= 0.6 is 0 Å². The fourth-order valence-corrected chi connectivity index (χ4v) is 4.52. The topological polar surface area (TPSA) is 95.0 Å². The third-order valence-electron chi connectivity index (χ3n) is 4.69. The Bertz CT molecular complexity index is 743. The minimum atomic E-state index is -3.59. The summed E-state index contributed by atoms with van der Waals surface area (Å²) in [6, 6.07) is 8.19. The Morgan fingerprint density at radius 3 is 2.25 bits per heavy atom. The SMILES string of the molecule is O=C(O)C1(C(=O)N2CCCN(S(=O)(=O)c3ccccc3)CC2)CC1. The number of carbonyl (C=O) groups is 2. The second kappa shape index (κ2) is 6.18. The van der Waals surface area contributed by atoms with E-state index in [0.29, 0.717) is 32.4 Å². The first-order chi connectivity index (χ1) is 11.4. The molecule has 130 valence electrons. The van der Waals surface area contributed by atoms with Gasteiger partial charge in [0.05, 0.1) is 4.90 Å². The van der Waals surface area contributed by atoms with Crippen molar-refractivity contribution in [1.82, 2.24) is 9.21 Å². The van der Waals surface area contributed by atoms with Crippen LogP contribution in [0.2, 0.25) is 0 Å². The Balaban J connectivity index is 1.72. The highest BCUT2D eigenvalue weighted by molar-refractivity contribution is 7.89.